The normalized spacial score (nSPS) is 32.5. The van der Waals surface area contributed by atoms with Crippen molar-refractivity contribution in [2.24, 2.45) is 0 Å². The third kappa shape index (κ3) is 2.29. The van der Waals surface area contributed by atoms with Crippen molar-refractivity contribution in [1.82, 2.24) is 19.5 Å². The minimum atomic E-state index is -1.69. The maximum atomic E-state index is 14.2. The lowest BCUT2D eigenvalue weighted by atomic mass is 10.0. The van der Waals surface area contributed by atoms with Gasteiger partial charge < -0.3 is 20.7 Å². The number of imidazole rings is 1. The summed E-state index contributed by atoms with van der Waals surface area (Å²) < 4.78 is 21.0. The maximum Gasteiger partial charge on any atom is 0.280 e. The van der Waals surface area contributed by atoms with E-state index in [-0.39, 0.29) is 17.1 Å². The quantitative estimate of drug-likeness (QED) is 0.495. The number of alkyl halides is 2. The van der Waals surface area contributed by atoms with Crippen LogP contribution in [-0.4, -0.2) is 59.5 Å². The Morgan fingerprint density at radius 2 is 2.32 bits per heavy atom. The first-order valence-corrected chi connectivity index (χ1v) is 7.30. The van der Waals surface area contributed by atoms with Crippen LogP contribution in [0.5, 0.6) is 0 Å². The van der Waals surface area contributed by atoms with Crippen LogP contribution in [0.2, 0.25) is 0 Å². The zero-order valence-electron chi connectivity index (χ0n) is 11.1. The summed E-state index contributed by atoms with van der Waals surface area (Å²) in [4.78, 5) is 21.0. The number of nitrogens with one attached hydrogen (secondary N) is 1. The van der Waals surface area contributed by atoms with Crippen molar-refractivity contribution in [2.45, 2.75) is 29.4 Å². The van der Waals surface area contributed by atoms with Gasteiger partial charge in [0.1, 0.15) is 18.4 Å². The zero-order chi connectivity index (χ0) is 16.0. The number of nitrogen functional groups attached to an aromatic ring is 1. The number of ether oxygens (including phenoxy) is 1. The van der Waals surface area contributed by atoms with Gasteiger partial charge in [0.05, 0.1) is 17.8 Å². The Morgan fingerprint density at radius 1 is 1.59 bits per heavy atom. The molecule has 1 aliphatic rings. The summed E-state index contributed by atoms with van der Waals surface area (Å²) >= 11 is 3.13. The third-order valence-electron chi connectivity index (χ3n) is 3.50. The number of H-pyrrole nitrogens is 1. The molecule has 9 nitrogen and oxygen atoms in total. The molecule has 2 aromatic rings. The van der Waals surface area contributed by atoms with Gasteiger partial charge in [0, 0.05) is 0 Å². The van der Waals surface area contributed by atoms with Gasteiger partial charge in [-0.1, -0.05) is 15.9 Å². The lowest BCUT2D eigenvalue weighted by Gasteiger charge is -2.39. The molecule has 0 aliphatic carbocycles. The van der Waals surface area contributed by atoms with E-state index in [0.717, 1.165) is 0 Å². The predicted octanol–water partition coefficient (Wildman–Crippen LogP) is -0.946. The molecule has 0 aromatic carbocycles. The topological polar surface area (TPSA) is 139 Å². The second kappa shape index (κ2) is 5.57. The fourth-order valence-corrected chi connectivity index (χ4v) is 3.08. The molecule has 0 bridgehead atoms. The summed E-state index contributed by atoms with van der Waals surface area (Å²) in [6.45, 7) is -0.555. The van der Waals surface area contributed by atoms with Crippen molar-refractivity contribution in [1.29, 1.82) is 0 Å². The first kappa shape index (κ1) is 15.3. The highest BCUT2D eigenvalue weighted by molar-refractivity contribution is 9.09. The number of aromatic nitrogens is 4. The van der Waals surface area contributed by atoms with Crippen LogP contribution in [0.3, 0.4) is 0 Å². The van der Waals surface area contributed by atoms with Crippen molar-refractivity contribution in [3.63, 3.8) is 0 Å². The number of nitrogens with zero attached hydrogens (tertiary/aromatic N) is 3. The molecule has 11 heteroatoms. The van der Waals surface area contributed by atoms with E-state index < -0.39 is 41.6 Å². The first-order chi connectivity index (χ1) is 10.4. The van der Waals surface area contributed by atoms with Gasteiger partial charge in [-0.15, -0.1) is 0 Å². The van der Waals surface area contributed by atoms with Crippen molar-refractivity contribution in [3.8, 4) is 0 Å². The lowest BCUT2D eigenvalue weighted by molar-refractivity contribution is -0.179. The Morgan fingerprint density at radius 3 is 3.00 bits per heavy atom. The van der Waals surface area contributed by atoms with E-state index in [0.29, 0.717) is 0 Å². The average Bonchev–Trinajstić information content (AvgIpc) is 2.89. The molecule has 0 saturated carbocycles. The van der Waals surface area contributed by atoms with Gasteiger partial charge in [0.15, 0.2) is 17.4 Å². The second-order valence-electron chi connectivity index (χ2n) is 4.90. The summed E-state index contributed by atoms with van der Waals surface area (Å²) in [6, 6.07) is 0. The van der Waals surface area contributed by atoms with E-state index in [9.17, 15) is 19.4 Å². The van der Waals surface area contributed by atoms with E-state index >= 15 is 0 Å². The molecule has 5 N–H and O–H groups in total. The van der Waals surface area contributed by atoms with Crippen molar-refractivity contribution in [2.75, 3.05) is 12.3 Å². The largest absolute Gasteiger partial charge is 0.394 e. The van der Waals surface area contributed by atoms with Crippen LogP contribution in [0.1, 0.15) is 6.23 Å². The fourth-order valence-electron chi connectivity index (χ4n) is 2.38. The monoisotopic (exact) mass is 377 g/mol. The highest BCUT2D eigenvalue weighted by atomic mass is 79.9. The van der Waals surface area contributed by atoms with Gasteiger partial charge in [0.2, 0.25) is 5.95 Å². The molecule has 1 aliphatic heterocycles. The van der Waals surface area contributed by atoms with Gasteiger partial charge >= 0.3 is 0 Å². The number of aliphatic hydroxyl groups excluding tert-OH is 2. The maximum absolute atomic E-state index is 14.2. The molecule has 1 saturated heterocycles. The molecular weight excluding hydrogens is 365 g/mol. The van der Waals surface area contributed by atoms with Crippen molar-refractivity contribution >= 4 is 33.0 Å². The number of hydrogen-bond acceptors (Lipinski definition) is 7. The van der Waals surface area contributed by atoms with Crippen LogP contribution in [-0.2, 0) is 4.74 Å². The molecule has 120 valence electrons. The van der Waals surface area contributed by atoms with Gasteiger partial charge in [-0.25, -0.2) is 9.37 Å². The molecule has 3 heterocycles. The highest BCUT2D eigenvalue weighted by Gasteiger charge is 2.45. The minimum Gasteiger partial charge on any atom is -0.394 e. The second-order valence-corrected chi connectivity index (χ2v) is 5.96. The SMILES string of the molecule is Nc1nc2c(ncn2C2O[C@H](CO)C(O)C(F)C2Br)c(=O)[nH]1. The molecule has 2 aromatic heterocycles. The number of aromatic amines is 1. The molecule has 22 heavy (non-hydrogen) atoms. The fraction of sp³-hybridized carbons (Fsp3) is 0.545. The number of halogens is 2. The molecule has 0 amide bonds. The third-order valence-corrected chi connectivity index (χ3v) is 4.46. The molecule has 1 fully saturated rings. The van der Waals surface area contributed by atoms with Gasteiger partial charge in [0.25, 0.3) is 5.56 Å². The number of nitrogens with two attached hydrogens (primary N) is 1. The van der Waals surface area contributed by atoms with Gasteiger partial charge in [-0.3, -0.25) is 14.3 Å². The Kier molecular flexibility index (Phi) is 3.89. The van der Waals surface area contributed by atoms with Crippen LogP contribution in [0.4, 0.5) is 10.3 Å². The van der Waals surface area contributed by atoms with Gasteiger partial charge in [-0.05, 0) is 0 Å². The minimum absolute atomic E-state index is 0.0274. The Balaban J connectivity index is 2.08. The summed E-state index contributed by atoms with van der Waals surface area (Å²) in [6.07, 6.45) is -3.96. The first-order valence-electron chi connectivity index (χ1n) is 6.39. The number of hydrogen-bond donors (Lipinski definition) is 4. The van der Waals surface area contributed by atoms with Crippen LogP contribution in [0.25, 0.3) is 11.2 Å². The molecule has 0 spiro atoms. The summed E-state index contributed by atoms with van der Waals surface area (Å²) in [7, 11) is 0. The molecule has 5 atom stereocenters. The van der Waals surface area contributed by atoms with Crippen LogP contribution in [0.15, 0.2) is 11.1 Å². The van der Waals surface area contributed by atoms with Crippen molar-refractivity contribution < 1.29 is 19.3 Å². The summed E-state index contributed by atoms with van der Waals surface area (Å²) in [5.74, 6) is -0.114. The summed E-state index contributed by atoms with van der Waals surface area (Å²) in [5.41, 5.74) is 5.13. The molecule has 4 unspecified atom stereocenters. The van der Waals surface area contributed by atoms with E-state index in [1.807, 2.05) is 0 Å². The Hall–Kier alpha value is -1.56. The van der Waals surface area contributed by atoms with E-state index in [1.165, 1.54) is 10.9 Å². The van der Waals surface area contributed by atoms with E-state index in [2.05, 4.69) is 30.9 Å². The number of aliphatic hydroxyl groups is 2. The van der Waals surface area contributed by atoms with Crippen LogP contribution >= 0.6 is 15.9 Å². The van der Waals surface area contributed by atoms with E-state index in [4.69, 9.17) is 10.5 Å². The van der Waals surface area contributed by atoms with Crippen LogP contribution < -0.4 is 11.3 Å². The molecule has 3 rings (SSSR count). The smallest absolute Gasteiger partial charge is 0.280 e. The van der Waals surface area contributed by atoms with Gasteiger partial charge in [-0.2, -0.15) is 4.98 Å². The summed E-state index contributed by atoms with van der Waals surface area (Å²) in [5, 5.41) is 18.9. The van der Waals surface area contributed by atoms with E-state index in [1.54, 1.807) is 0 Å². The lowest BCUT2D eigenvalue weighted by Crippen LogP contribution is -2.52. The molecular formula is C11H13BrFN5O4. The number of rotatable bonds is 2. The predicted molar refractivity (Wildman–Crippen MR) is 77.2 cm³/mol. The molecule has 0 radical (unpaired) electrons. The van der Waals surface area contributed by atoms with Crippen molar-refractivity contribution in [3.05, 3.63) is 16.7 Å². The number of fused-ring (bicyclic) bond motifs is 1. The average molecular weight is 378 g/mol. The highest BCUT2D eigenvalue weighted by Crippen LogP contribution is 2.35. The Labute approximate surface area is 131 Å². The number of anilines is 1. The zero-order valence-corrected chi connectivity index (χ0v) is 12.6. The van der Waals surface area contributed by atoms with Crippen LogP contribution in [0, 0.1) is 0 Å². The standard InChI is InChI=1S/C11H13BrFN5O4/c12-4-5(13)7(20)3(1-19)22-10(4)18-2-15-6-8(18)16-11(14)17-9(6)21/h2-5,7,10,19-20H,1H2,(H3,14,16,17,21)/t3-,4?,5?,7?,10?/m1/s1. The Bertz CT molecular complexity index is 750.